The summed E-state index contributed by atoms with van der Waals surface area (Å²) >= 11 is 7.15. The maximum absolute atomic E-state index is 11.1. The number of halogens is 1. The zero-order valence-electron chi connectivity index (χ0n) is 8.66. The summed E-state index contributed by atoms with van der Waals surface area (Å²) in [6, 6.07) is 5.30. The van der Waals surface area contributed by atoms with Gasteiger partial charge >= 0.3 is 5.97 Å². The van der Waals surface area contributed by atoms with Crippen LogP contribution in [0, 0.1) is 11.3 Å². The Labute approximate surface area is 103 Å². The van der Waals surface area contributed by atoms with Crippen molar-refractivity contribution in [3.05, 3.63) is 28.3 Å². The van der Waals surface area contributed by atoms with Gasteiger partial charge in [-0.05, 0) is 24.1 Å². The van der Waals surface area contributed by atoms with E-state index in [4.69, 9.17) is 22.0 Å². The topological polar surface area (TPSA) is 61.1 Å². The first-order valence-corrected chi connectivity index (χ1v) is 6.02. The highest BCUT2D eigenvalue weighted by Crippen LogP contribution is 2.32. The van der Waals surface area contributed by atoms with Gasteiger partial charge in [-0.3, -0.25) is 0 Å². The number of carboxylic acids is 1. The minimum atomic E-state index is -1.02. The molecule has 0 saturated heterocycles. The number of benzene rings is 1. The molecule has 84 valence electrons. The molecule has 0 spiro atoms. The molecule has 0 bridgehead atoms. The lowest BCUT2D eigenvalue weighted by Crippen LogP contribution is -2.01. The van der Waals surface area contributed by atoms with E-state index >= 15 is 0 Å². The molecule has 0 unspecified atom stereocenters. The van der Waals surface area contributed by atoms with Crippen LogP contribution >= 0.6 is 23.4 Å². The van der Waals surface area contributed by atoms with Crippen LogP contribution in [0.3, 0.4) is 0 Å². The number of nitriles is 1. The number of nitrogens with zero attached hydrogens (tertiary/aromatic N) is 1. The van der Waals surface area contributed by atoms with Crippen molar-refractivity contribution in [2.45, 2.75) is 18.2 Å². The molecule has 0 aliphatic carbocycles. The summed E-state index contributed by atoms with van der Waals surface area (Å²) < 4.78 is 0. The average Bonchev–Trinajstić information content (AvgIpc) is 2.26. The first-order chi connectivity index (χ1) is 7.60. The summed E-state index contributed by atoms with van der Waals surface area (Å²) in [6.45, 7) is 1.93. The second-order valence-electron chi connectivity index (χ2n) is 3.06. The summed E-state index contributed by atoms with van der Waals surface area (Å²) in [5, 5.41) is 17.9. The average molecular weight is 256 g/mol. The number of aromatic carboxylic acids is 1. The molecule has 0 heterocycles. The Morgan fingerprint density at radius 2 is 2.31 bits per heavy atom. The van der Waals surface area contributed by atoms with Gasteiger partial charge < -0.3 is 5.11 Å². The Hall–Kier alpha value is -1.18. The van der Waals surface area contributed by atoms with Crippen LogP contribution in [0.15, 0.2) is 17.0 Å². The van der Waals surface area contributed by atoms with Crippen molar-refractivity contribution in [3.63, 3.8) is 0 Å². The first kappa shape index (κ1) is 12.9. The van der Waals surface area contributed by atoms with Crippen LogP contribution in [0.25, 0.3) is 0 Å². The van der Waals surface area contributed by atoms with Gasteiger partial charge in [0.2, 0.25) is 0 Å². The highest BCUT2D eigenvalue weighted by molar-refractivity contribution is 7.99. The van der Waals surface area contributed by atoms with Gasteiger partial charge in [-0.15, -0.1) is 11.8 Å². The fraction of sp³-hybridized carbons (Fsp3) is 0.273. The Balaban J connectivity index is 3.23. The Morgan fingerprint density at radius 1 is 1.62 bits per heavy atom. The zero-order valence-corrected chi connectivity index (χ0v) is 10.2. The molecule has 1 rings (SSSR count). The van der Waals surface area contributed by atoms with Crippen molar-refractivity contribution in [2.24, 2.45) is 0 Å². The van der Waals surface area contributed by atoms with Crippen LogP contribution in [0.5, 0.6) is 0 Å². The van der Waals surface area contributed by atoms with Crippen LogP contribution in [0.2, 0.25) is 5.02 Å². The third-order valence-electron chi connectivity index (χ3n) is 2.02. The van der Waals surface area contributed by atoms with Crippen molar-refractivity contribution in [3.8, 4) is 6.07 Å². The summed E-state index contributed by atoms with van der Waals surface area (Å²) in [4.78, 5) is 11.5. The smallest absolute Gasteiger partial charge is 0.336 e. The fourth-order valence-electron chi connectivity index (χ4n) is 1.26. The predicted octanol–water partition coefficient (Wildman–Crippen LogP) is 3.22. The quantitative estimate of drug-likeness (QED) is 0.839. The molecular formula is C11H10ClNO2S. The summed E-state index contributed by atoms with van der Waals surface area (Å²) in [7, 11) is 0. The molecule has 0 aliphatic heterocycles. The van der Waals surface area contributed by atoms with E-state index in [1.807, 2.05) is 13.0 Å². The van der Waals surface area contributed by atoms with Crippen LogP contribution in [0.4, 0.5) is 0 Å². The van der Waals surface area contributed by atoms with Crippen molar-refractivity contribution in [1.82, 2.24) is 0 Å². The van der Waals surface area contributed by atoms with E-state index in [2.05, 4.69) is 0 Å². The molecule has 3 nitrogen and oxygen atoms in total. The Bertz CT molecular complexity index is 454. The van der Waals surface area contributed by atoms with Gasteiger partial charge in [-0.1, -0.05) is 18.5 Å². The van der Waals surface area contributed by atoms with Crippen LogP contribution in [-0.2, 0) is 6.42 Å². The third kappa shape index (κ3) is 2.91. The molecule has 0 radical (unpaired) electrons. The van der Waals surface area contributed by atoms with Crippen molar-refractivity contribution in [1.29, 1.82) is 5.26 Å². The van der Waals surface area contributed by atoms with E-state index in [0.29, 0.717) is 9.92 Å². The van der Waals surface area contributed by atoms with E-state index < -0.39 is 5.97 Å². The number of aryl methyl sites for hydroxylation is 1. The molecular weight excluding hydrogens is 246 g/mol. The van der Waals surface area contributed by atoms with Crippen LogP contribution in [0.1, 0.15) is 22.8 Å². The molecule has 1 aromatic rings. The van der Waals surface area contributed by atoms with E-state index in [-0.39, 0.29) is 11.3 Å². The lowest BCUT2D eigenvalue weighted by molar-refractivity contribution is 0.0693. The molecule has 0 aromatic heterocycles. The number of carboxylic acid groups (broad SMARTS) is 1. The second-order valence-corrected chi connectivity index (χ2v) is 4.45. The first-order valence-electron chi connectivity index (χ1n) is 4.65. The number of rotatable bonds is 4. The van der Waals surface area contributed by atoms with E-state index in [0.717, 1.165) is 23.7 Å². The van der Waals surface area contributed by atoms with Gasteiger partial charge in [-0.25, -0.2) is 4.79 Å². The van der Waals surface area contributed by atoms with Crippen molar-refractivity contribution in [2.75, 3.05) is 5.75 Å². The third-order valence-corrected chi connectivity index (χ3v) is 3.44. The summed E-state index contributed by atoms with van der Waals surface area (Å²) in [6.07, 6.45) is 0.725. The zero-order chi connectivity index (χ0) is 12.1. The van der Waals surface area contributed by atoms with Gasteiger partial charge in [0.15, 0.2) is 0 Å². The van der Waals surface area contributed by atoms with Crippen LogP contribution in [-0.4, -0.2) is 16.8 Å². The minimum Gasteiger partial charge on any atom is -0.478 e. The van der Waals surface area contributed by atoms with Gasteiger partial charge in [0, 0.05) is 4.90 Å². The van der Waals surface area contributed by atoms with Crippen LogP contribution < -0.4 is 0 Å². The number of hydrogen-bond donors (Lipinski definition) is 1. The molecule has 16 heavy (non-hydrogen) atoms. The maximum Gasteiger partial charge on any atom is 0.336 e. The van der Waals surface area contributed by atoms with Crippen molar-refractivity contribution >= 4 is 29.3 Å². The highest BCUT2D eigenvalue weighted by Gasteiger charge is 2.15. The summed E-state index contributed by atoms with van der Waals surface area (Å²) in [5.74, 6) is -0.830. The van der Waals surface area contributed by atoms with Gasteiger partial charge in [-0.2, -0.15) is 5.26 Å². The Kier molecular flexibility index (Phi) is 4.66. The molecule has 0 amide bonds. The molecule has 0 saturated carbocycles. The molecule has 0 atom stereocenters. The second kappa shape index (κ2) is 5.78. The van der Waals surface area contributed by atoms with Crippen molar-refractivity contribution < 1.29 is 9.90 Å². The van der Waals surface area contributed by atoms with E-state index in [1.54, 1.807) is 12.1 Å². The normalized spacial score (nSPS) is 9.81. The number of carbonyl (C=O) groups is 1. The number of hydrogen-bond acceptors (Lipinski definition) is 3. The maximum atomic E-state index is 11.1. The lowest BCUT2D eigenvalue weighted by atomic mass is 10.1. The minimum absolute atomic E-state index is 0.171. The van der Waals surface area contributed by atoms with E-state index in [1.165, 1.54) is 0 Å². The molecule has 1 aromatic carbocycles. The molecule has 5 heteroatoms. The molecule has 0 aliphatic rings. The fourth-order valence-corrected chi connectivity index (χ4v) is 2.38. The highest BCUT2D eigenvalue weighted by atomic mass is 35.5. The standard InChI is InChI=1S/C11H10ClNO2S/c1-2-7-5-8(11(14)15)10(9(12)6-7)16-4-3-13/h5-6H,2,4H2,1H3,(H,14,15). The Morgan fingerprint density at radius 3 is 2.81 bits per heavy atom. The lowest BCUT2D eigenvalue weighted by Gasteiger charge is -2.08. The number of thioether (sulfide) groups is 1. The monoisotopic (exact) mass is 255 g/mol. The van der Waals surface area contributed by atoms with Gasteiger partial charge in [0.1, 0.15) is 0 Å². The van der Waals surface area contributed by atoms with E-state index in [9.17, 15) is 4.79 Å². The SMILES string of the molecule is CCc1cc(Cl)c(SCC#N)c(C(=O)O)c1. The molecule has 1 N–H and O–H groups in total. The largest absolute Gasteiger partial charge is 0.478 e. The molecule has 0 fully saturated rings. The predicted molar refractivity (Wildman–Crippen MR) is 64.1 cm³/mol. The van der Waals surface area contributed by atoms with Gasteiger partial charge in [0.05, 0.1) is 22.4 Å². The summed E-state index contributed by atoms with van der Waals surface area (Å²) in [5.41, 5.74) is 1.05. The van der Waals surface area contributed by atoms with Gasteiger partial charge in [0.25, 0.3) is 0 Å².